The smallest absolute Gasteiger partial charge is 0.169 e. The minimum Gasteiger partial charge on any atom is -0.497 e. The van der Waals surface area contributed by atoms with Crippen molar-refractivity contribution in [2.24, 2.45) is 0 Å². The van der Waals surface area contributed by atoms with E-state index in [9.17, 15) is 0 Å². The Morgan fingerprint density at radius 1 is 1.18 bits per heavy atom. The van der Waals surface area contributed by atoms with Crippen LogP contribution >= 0.6 is 23.6 Å². The number of hydrogen-bond donors (Lipinski definition) is 2. The molecular weight excluding hydrogens is 388 g/mol. The number of benzene rings is 2. The van der Waals surface area contributed by atoms with Crippen LogP contribution in [0.3, 0.4) is 0 Å². The number of piperazine rings is 1. The van der Waals surface area contributed by atoms with E-state index in [1.165, 1.54) is 15.3 Å². The average molecular weight is 414 g/mol. The molecule has 1 aliphatic heterocycles. The third kappa shape index (κ3) is 4.60. The van der Waals surface area contributed by atoms with Crippen molar-refractivity contribution in [1.29, 1.82) is 0 Å². The Labute approximate surface area is 174 Å². The zero-order chi connectivity index (χ0) is 19.3. The minimum absolute atomic E-state index is 0.738. The van der Waals surface area contributed by atoms with Crippen molar-refractivity contribution in [3.05, 3.63) is 59.1 Å². The maximum absolute atomic E-state index is 5.60. The number of fused-ring (bicyclic) bond motifs is 1. The Balaban J connectivity index is 1.24. The van der Waals surface area contributed by atoms with Gasteiger partial charge in [0.2, 0.25) is 0 Å². The van der Waals surface area contributed by atoms with Crippen LogP contribution in [0.1, 0.15) is 10.6 Å². The van der Waals surface area contributed by atoms with Crippen LogP contribution in [0.5, 0.6) is 5.75 Å². The Morgan fingerprint density at radius 3 is 2.64 bits per heavy atom. The number of hydrogen-bond acceptors (Lipinski definition) is 4. The van der Waals surface area contributed by atoms with Gasteiger partial charge in [0.15, 0.2) is 5.11 Å². The maximum atomic E-state index is 5.60. The van der Waals surface area contributed by atoms with Crippen LogP contribution in [0.15, 0.2) is 48.5 Å². The lowest BCUT2D eigenvalue weighted by Gasteiger charge is -2.33. The van der Waals surface area contributed by atoms with Crippen LogP contribution in [-0.2, 0) is 13.1 Å². The molecule has 0 aliphatic carbocycles. The summed E-state index contributed by atoms with van der Waals surface area (Å²) in [4.78, 5) is 8.63. The van der Waals surface area contributed by atoms with E-state index < -0.39 is 0 Å². The zero-order valence-electron chi connectivity index (χ0n) is 16.0. The van der Waals surface area contributed by atoms with Gasteiger partial charge in [-0.25, -0.2) is 4.98 Å². The number of quaternary nitrogens is 1. The van der Waals surface area contributed by atoms with Crippen molar-refractivity contribution < 1.29 is 9.64 Å². The van der Waals surface area contributed by atoms with Crippen LogP contribution in [0.4, 0.5) is 0 Å². The number of thiocarbonyl (C=S) groups is 1. The zero-order valence-corrected chi connectivity index (χ0v) is 17.6. The van der Waals surface area contributed by atoms with Gasteiger partial charge in [-0.05, 0) is 42.0 Å². The molecule has 1 saturated heterocycles. The topological polar surface area (TPSA) is 41.8 Å². The second-order valence-corrected chi connectivity index (χ2v) is 8.50. The SMILES string of the molecule is COc1ccc(CNC(=S)N2CC[NH+](Cc3nc4ccccc4s3)CC2)cc1. The number of rotatable bonds is 5. The van der Waals surface area contributed by atoms with Gasteiger partial charge in [-0.1, -0.05) is 24.3 Å². The number of methoxy groups -OCH3 is 1. The molecule has 0 atom stereocenters. The number of para-hydroxylation sites is 1. The molecule has 0 radical (unpaired) electrons. The van der Waals surface area contributed by atoms with Crippen LogP contribution in [-0.4, -0.2) is 48.3 Å². The average Bonchev–Trinajstić information content (AvgIpc) is 3.15. The van der Waals surface area contributed by atoms with Crippen molar-refractivity contribution in [3.8, 4) is 5.75 Å². The van der Waals surface area contributed by atoms with Gasteiger partial charge < -0.3 is 19.9 Å². The maximum Gasteiger partial charge on any atom is 0.169 e. The summed E-state index contributed by atoms with van der Waals surface area (Å²) in [5, 5.41) is 5.45. The number of nitrogens with zero attached hydrogens (tertiary/aromatic N) is 2. The summed E-state index contributed by atoms with van der Waals surface area (Å²) in [6, 6.07) is 16.5. The molecular formula is C21H25N4OS2+. The van der Waals surface area contributed by atoms with Crippen LogP contribution in [0.25, 0.3) is 10.2 Å². The number of thiazole rings is 1. The second kappa shape index (κ2) is 8.86. The summed E-state index contributed by atoms with van der Waals surface area (Å²) in [5.74, 6) is 0.874. The van der Waals surface area contributed by atoms with Gasteiger partial charge >= 0.3 is 0 Å². The van der Waals surface area contributed by atoms with E-state index in [1.54, 1.807) is 12.0 Å². The molecule has 0 spiro atoms. The molecule has 2 heterocycles. The monoisotopic (exact) mass is 413 g/mol. The molecule has 2 N–H and O–H groups in total. The lowest BCUT2D eigenvalue weighted by atomic mass is 10.2. The molecule has 5 nitrogen and oxygen atoms in total. The summed E-state index contributed by atoms with van der Waals surface area (Å²) < 4.78 is 6.48. The fourth-order valence-corrected chi connectivity index (χ4v) is 4.74. The third-order valence-corrected chi connectivity index (χ3v) is 6.54. The van der Waals surface area contributed by atoms with Crippen LogP contribution < -0.4 is 15.0 Å². The van der Waals surface area contributed by atoms with E-state index in [2.05, 4.69) is 46.6 Å². The van der Waals surface area contributed by atoms with E-state index in [-0.39, 0.29) is 0 Å². The summed E-state index contributed by atoms with van der Waals surface area (Å²) in [7, 11) is 1.68. The van der Waals surface area contributed by atoms with Gasteiger partial charge in [-0.15, -0.1) is 11.3 Å². The Kier molecular flexibility index (Phi) is 6.04. The molecule has 0 saturated carbocycles. The van der Waals surface area contributed by atoms with E-state index in [4.69, 9.17) is 21.9 Å². The van der Waals surface area contributed by atoms with Crippen LogP contribution in [0.2, 0.25) is 0 Å². The van der Waals surface area contributed by atoms with Crippen molar-refractivity contribution in [2.45, 2.75) is 13.1 Å². The van der Waals surface area contributed by atoms with E-state index in [0.717, 1.165) is 55.6 Å². The van der Waals surface area contributed by atoms with Gasteiger partial charge in [-0.2, -0.15) is 0 Å². The van der Waals surface area contributed by atoms with Crippen molar-refractivity contribution >= 4 is 38.9 Å². The standard InChI is InChI=1S/C21H24N4OS2/c1-26-17-8-6-16(7-9-17)14-22-21(27)25-12-10-24(11-13-25)15-20-23-18-4-2-3-5-19(18)28-20/h2-9H,10-15H2,1H3,(H,22,27)/p+1. The molecule has 0 amide bonds. The van der Waals surface area contributed by atoms with Crippen molar-refractivity contribution in [3.63, 3.8) is 0 Å². The molecule has 28 heavy (non-hydrogen) atoms. The fraction of sp³-hybridized carbons (Fsp3) is 0.333. The highest BCUT2D eigenvalue weighted by molar-refractivity contribution is 7.80. The summed E-state index contributed by atoms with van der Waals surface area (Å²) in [6.45, 7) is 5.87. The fourth-order valence-electron chi connectivity index (χ4n) is 3.45. The summed E-state index contributed by atoms with van der Waals surface area (Å²) in [5.41, 5.74) is 2.31. The normalized spacial score (nSPS) is 15.0. The first kappa shape index (κ1) is 19.1. The van der Waals surface area contributed by atoms with Gasteiger partial charge in [0.25, 0.3) is 0 Å². The molecule has 1 aromatic heterocycles. The number of aromatic nitrogens is 1. The van der Waals surface area contributed by atoms with Crippen molar-refractivity contribution in [1.82, 2.24) is 15.2 Å². The molecule has 1 fully saturated rings. The molecule has 4 rings (SSSR count). The number of nitrogens with one attached hydrogen (secondary N) is 2. The molecule has 2 aromatic carbocycles. The molecule has 7 heteroatoms. The predicted molar refractivity (Wildman–Crippen MR) is 118 cm³/mol. The first-order valence-electron chi connectivity index (χ1n) is 9.55. The predicted octanol–water partition coefficient (Wildman–Crippen LogP) is 2.08. The third-order valence-electron chi connectivity index (χ3n) is 5.10. The highest BCUT2D eigenvalue weighted by Crippen LogP contribution is 2.20. The molecule has 0 bridgehead atoms. The minimum atomic E-state index is 0.738. The molecule has 146 valence electrons. The van der Waals surface area contributed by atoms with E-state index >= 15 is 0 Å². The molecule has 0 unspecified atom stereocenters. The Bertz CT molecular complexity index is 900. The van der Waals surface area contributed by atoms with Gasteiger partial charge in [-0.3, -0.25) is 0 Å². The first-order valence-corrected chi connectivity index (χ1v) is 10.8. The lowest BCUT2D eigenvalue weighted by molar-refractivity contribution is -0.917. The van der Waals surface area contributed by atoms with Crippen LogP contribution in [0, 0.1) is 0 Å². The second-order valence-electron chi connectivity index (χ2n) is 7.00. The molecule has 3 aromatic rings. The lowest BCUT2D eigenvalue weighted by Crippen LogP contribution is -3.13. The highest BCUT2D eigenvalue weighted by Gasteiger charge is 2.22. The largest absolute Gasteiger partial charge is 0.497 e. The highest BCUT2D eigenvalue weighted by atomic mass is 32.1. The summed E-state index contributed by atoms with van der Waals surface area (Å²) >= 11 is 7.42. The number of ether oxygens (including phenoxy) is 1. The van der Waals surface area contributed by atoms with Crippen molar-refractivity contribution in [2.75, 3.05) is 33.3 Å². The van der Waals surface area contributed by atoms with E-state index in [1.807, 2.05) is 23.5 Å². The Morgan fingerprint density at radius 2 is 1.93 bits per heavy atom. The van der Waals surface area contributed by atoms with Gasteiger partial charge in [0, 0.05) is 6.54 Å². The quantitative estimate of drug-likeness (QED) is 0.627. The Hall–Kier alpha value is -2.22. The van der Waals surface area contributed by atoms with Gasteiger partial charge in [0.05, 0.1) is 43.5 Å². The first-order chi connectivity index (χ1) is 13.7. The van der Waals surface area contributed by atoms with E-state index in [0.29, 0.717) is 0 Å². The summed E-state index contributed by atoms with van der Waals surface area (Å²) in [6.07, 6.45) is 0. The molecule has 1 aliphatic rings. The van der Waals surface area contributed by atoms with Gasteiger partial charge in [0.1, 0.15) is 17.3 Å².